The average Bonchev–Trinajstić information content (AvgIpc) is 2.67. The molecule has 0 aliphatic carbocycles. The molecule has 0 bridgehead atoms. The van der Waals surface area contributed by atoms with E-state index in [1.165, 1.54) is 6.07 Å². The number of aromatic amines is 1. The zero-order valence-electron chi connectivity index (χ0n) is 13.9. The molecule has 3 rings (SSSR count). The smallest absolute Gasteiger partial charge is 0.293 e. The minimum Gasteiger partial charge on any atom is -0.383 e. The first kappa shape index (κ1) is 16.7. The van der Waals surface area contributed by atoms with Crippen molar-refractivity contribution >= 4 is 23.0 Å². The molecule has 1 aromatic carbocycles. The third-order valence-electron chi connectivity index (χ3n) is 4.34. The molecule has 2 heterocycles. The average molecular weight is 342 g/mol. The van der Waals surface area contributed by atoms with E-state index in [-0.39, 0.29) is 11.6 Å². The maximum atomic E-state index is 12.7. The number of nitrogens with zero attached hydrogens (tertiary/aromatic N) is 3. The number of carbonyl (C=O) groups is 1. The van der Waals surface area contributed by atoms with E-state index in [2.05, 4.69) is 15.2 Å². The highest BCUT2D eigenvalue weighted by Crippen LogP contribution is 2.26. The number of carbonyl (C=O) groups excluding carboxylic acids is 1. The first-order valence-corrected chi connectivity index (χ1v) is 8.06. The first-order valence-electron chi connectivity index (χ1n) is 8.06. The molecule has 8 heteroatoms. The van der Waals surface area contributed by atoms with Crippen LogP contribution in [0.15, 0.2) is 42.7 Å². The van der Waals surface area contributed by atoms with Gasteiger partial charge in [-0.2, -0.15) is 0 Å². The van der Waals surface area contributed by atoms with Crippen molar-refractivity contribution in [2.75, 3.05) is 43.4 Å². The van der Waals surface area contributed by atoms with Crippen molar-refractivity contribution in [2.24, 2.45) is 0 Å². The number of nitro benzene ring substituents is 1. The Kier molecular flexibility index (Phi) is 4.78. The van der Waals surface area contributed by atoms with Crippen LogP contribution in [0.2, 0.25) is 0 Å². The Hall–Kier alpha value is -3.16. The predicted octanol–water partition coefficient (Wildman–Crippen LogP) is 1.41. The molecule has 0 radical (unpaired) electrons. The molecular weight excluding hydrogens is 322 g/mol. The van der Waals surface area contributed by atoms with E-state index >= 15 is 0 Å². The Morgan fingerprint density at radius 2 is 1.84 bits per heavy atom. The van der Waals surface area contributed by atoms with Crippen molar-refractivity contribution in [2.45, 2.75) is 0 Å². The van der Waals surface area contributed by atoms with E-state index in [9.17, 15) is 14.9 Å². The molecule has 1 amide bonds. The lowest BCUT2D eigenvalue weighted by molar-refractivity contribution is -0.384. The molecule has 1 fully saturated rings. The highest BCUT2D eigenvalue weighted by molar-refractivity contribution is 5.96. The summed E-state index contributed by atoms with van der Waals surface area (Å²) in [5.41, 5.74) is 1.76. The Bertz CT molecular complexity index is 773. The minimum absolute atomic E-state index is 0.0903. The van der Waals surface area contributed by atoms with Gasteiger partial charge < -0.3 is 15.1 Å². The normalized spacial score (nSPS) is 14.3. The van der Waals surface area contributed by atoms with Gasteiger partial charge in [-0.05, 0) is 12.1 Å². The summed E-state index contributed by atoms with van der Waals surface area (Å²) < 4.78 is 0. The van der Waals surface area contributed by atoms with Crippen molar-refractivity contribution in [1.29, 1.82) is 0 Å². The minimum atomic E-state index is -0.479. The summed E-state index contributed by atoms with van der Waals surface area (Å²) in [6, 6.07) is 8.53. The van der Waals surface area contributed by atoms with Crippen LogP contribution in [0, 0.1) is 10.1 Å². The van der Waals surface area contributed by atoms with Crippen LogP contribution in [-0.2, 0) is 0 Å². The molecule has 1 saturated heterocycles. The van der Waals surface area contributed by atoms with E-state index < -0.39 is 4.92 Å². The van der Waals surface area contributed by atoms with Crippen LogP contribution in [0.5, 0.6) is 0 Å². The fraction of sp³-hybridized carbons (Fsp3) is 0.294. The summed E-state index contributed by atoms with van der Waals surface area (Å²) >= 11 is 0. The monoisotopic (exact) mass is 342 g/mol. The Labute approximate surface area is 145 Å². The highest BCUT2D eigenvalue weighted by atomic mass is 16.6. The van der Waals surface area contributed by atoms with Crippen LogP contribution in [-0.4, -0.2) is 49.0 Å². The highest BCUT2D eigenvalue weighted by Gasteiger charge is 2.24. The van der Waals surface area contributed by atoms with Crippen LogP contribution in [0.4, 0.5) is 17.1 Å². The second kappa shape index (κ2) is 7.16. The van der Waals surface area contributed by atoms with Gasteiger partial charge in [0.2, 0.25) is 0 Å². The number of anilines is 2. The number of hydrogen-bond donors (Lipinski definition) is 1. The molecule has 25 heavy (non-hydrogen) atoms. The van der Waals surface area contributed by atoms with Gasteiger partial charge in [0, 0.05) is 62.7 Å². The Morgan fingerprint density at radius 3 is 2.44 bits per heavy atom. The SMILES string of the molecule is CNc1ccc(C(=O)N2CCN(c3cc[nH+]cc3)CC2)cc1[N+](=O)[O-]. The van der Waals surface area contributed by atoms with Gasteiger partial charge in [0.15, 0.2) is 12.4 Å². The fourth-order valence-electron chi connectivity index (χ4n) is 2.97. The standard InChI is InChI=1S/C17H19N5O3/c1-18-15-3-2-13(12-16(15)22(24)25)17(23)21-10-8-20(9-11-21)14-4-6-19-7-5-14/h2-7,12,18H,8-11H2,1H3/p+1. The summed E-state index contributed by atoms with van der Waals surface area (Å²) in [6.45, 7) is 2.62. The molecule has 130 valence electrons. The van der Waals surface area contributed by atoms with Crippen LogP contribution in [0.25, 0.3) is 0 Å². The number of benzene rings is 1. The molecule has 1 aliphatic heterocycles. The third-order valence-corrected chi connectivity index (χ3v) is 4.34. The third kappa shape index (κ3) is 3.52. The van der Waals surface area contributed by atoms with Crippen molar-refractivity contribution in [3.8, 4) is 0 Å². The number of aromatic nitrogens is 1. The number of nitro groups is 1. The van der Waals surface area contributed by atoms with Crippen LogP contribution >= 0.6 is 0 Å². The second-order valence-corrected chi connectivity index (χ2v) is 5.78. The maximum Gasteiger partial charge on any atom is 0.293 e. The zero-order chi connectivity index (χ0) is 17.8. The van der Waals surface area contributed by atoms with Crippen LogP contribution in [0.1, 0.15) is 10.4 Å². The van der Waals surface area contributed by atoms with Gasteiger partial charge in [0.1, 0.15) is 5.69 Å². The fourth-order valence-corrected chi connectivity index (χ4v) is 2.97. The van der Waals surface area contributed by atoms with Gasteiger partial charge in [0.05, 0.1) is 4.92 Å². The van der Waals surface area contributed by atoms with Crippen molar-refractivity contribution in [1.82, 2.24) is 4.90 Å². The predicted molar refractivity (Wildman–Crippen MR) is 93.8 cm³/mol. The van der Waals surface area contributed by atoms with E-state index in [4.69, 9.17) is 0 Å². The number of pyridine rings is 1. The molecule has 1 aromatic heterocycles. The molecule has 0 atom stereocenters. The van der Waals surface area contributed by atoms with Crippen LogP contribution < -0.4 is 15.2 Å². The maximum absolute atomic E-state index is 12.7. The van der Waals surface area contributed by atoms with Gasteiger partial charge >= 0.3 is 0 Å². The largest absolute Gasteiger partial charge is 0.383 e. The van der Waals surface area contributed by atoms with Crippen molar-refractivity contribution in [3.05, 3.63) is 58.4 Å². The first-order chi connectivity index (χ1) is 12.1. The molecule has 1 aliphatic rings. The summed E-state index contributed by atoms with van der Waals surface area (Å²) in [5, 5.41) is 13.9. The summed E-state index contributed by atoms with van der Waals surface area (Å²) in [4.78, 5) is 30.3. The second-order valence-electron chi connectivity index (χ2n) is 5.78. The van der Waals surface area contributed by atoms with Gasteiger partial charge in [-0.25, -0.2) is 4.98 Å². The number of amides is 1. The van der Waals surface area contributed by atoms with Crippen molar-refractivity contribution < 1.29 is 14.7 Å². The Balaban J connectivity index is 1.70. The molecule has 0 spiro atoms. The lowest BCUT2D eigenvalue weighted by Gasteiger charge is -2.35. The molecule has 0 saturated carbocycles. The zero-order valence-corrected chi connectivity index (χ0v) is 13.9. The Morgan fingerprint density at radius 1 is 1.16 bits per heavy atom. The van der Waals surface area contributed by atoms with Gasteiger partial charge in [-0.1, -0.05) is 0 Å². The molecule has 2 aromatic rings. The van der Waals surface area contributed by atoms with E-state index in [1.807, 2.05) is 24.5 Å². The van der Waals surface area contributed by atoms with Gasteiger partial charge in [-0.3, -0.25) is 14.9 Å². The number of nitrogens with one attached hydrogen (secondary N) is 2. The van der Waals surface area contributed by atoms with Gasteiger partial charge in [-0.15, -0.1) is 0 Å². The lowest BCUT2D eigenvalue weighted by atomic mass is 10.1. The number of piperazine rings is 1. The summed E-state index contributed by atoms with van der Waals surface area (Å²) in [6.07, 6.45) is 3.74. The molecule has 2 N–H and O–H groups in total. The van der Waals surface area contributed by atoms with Gasteiger partial charge in [0.25, 0.3) is 11.6 Å². The number of rotatable bonds is 4. The summed E-state index contributed by atoms with van der Waals surface area (Å²) in [5.74, 6) is -0.174. The van der Waals surface area contributed by atoms with Crippen molar-refractivity contribution in [3.63, 3.8) is 0 Å². The quantitative estimate of drug-likeness (QED) is 0.670. The van der Waals surface area contributed by atoms with E-state index in [0.29, 0.717) is 24.3 Å². The van der Waals surface area contributed by atoms with E-state index in [1.54, 1.807) is 24.1 Å². The number of hydrogen-bond acceptors (Lipinski definition) is 5. The summed E-state index contributed by atoms with van der Waals surface area (Å²) in [7, 11) is 1.62. The molecule has 8 nitrogen and oxygen atoms in total. The van der Waals surface area contributed by atoms with Crippen LogP contribution in [0.3, 0.4) is 0 Å². The lowest BCUT2D eigenvalue weighted by Crippen LogP contribution is -2.48. The number of H-pyrrole nitrogens is 1. The van der Waals surface area contributed by atoms with E-state index in [0.717, 1.165) is 18.8 Å². The molecule has 0 unspecified atom stereocenters. The topological polar surface area (TPSA) is 92.9 Å². The molecular formula is C17H20N5O3+.